The number of amides is 2. The standard InChI is InChI=1S/C31H34N4O5/c1-2-3-10-28-33-25-17-16-23(32-30(36)34-29-11-6-7-18-39-29)19-26(25)35(28)20-21-12-14-22(15-13-21)24-8-4-5-9-27(24)40-31(37)38/h4-5,8-9,12-17,19,29H,2-3,6-7,10-11,18,20H2,1H3,(H,37,38)(H2,32,34,36). The third-order valence-corrected chi connectivity index (χ3v) is 7.00. The molecule has 40 heavy (non-hydrogen) atoms. The summed E-state index contributed by atoms with van der Waals surface area (Å²) >= 11 is 0. The van der Waals surface area contributed by atoms with Crippen LogP contribution in [0.5, 0.6) is 5.75 Å². The summed E-state index contributed by atoms with van der Waals surface area (Å²) in [4.78, 5) is 28.6. The predicted octanol–water partition coefficient (Wildman–Crippen LogP) is 6.80. The monoisotopic (exact) mass is 542 g/mol. The second-order valence-electron chi connectivity index (χ2n) is 9.94. The zero-order chi connectivity index (χ0) is 27.9. The molecular formula is C31H34N4O5. The van der Waals surface area contributed by atoms with E-state index in [-0.39, 0.29) is 12.3 Å². The number of nitrogens with zero attached hydrogens (tertiary/aromatic N) is 2. The maximum atomic E-state index is 12.6. The fourth-order valence-electron chi connectivity index (χ4n) is 4.98. The number of carboxylic acid groups (broad SMARTS) is 1. The summed E-state index contributed by atoms with van der Waals surface area (Å²) < 4.78 is 12.8. The van der Waals surface area contributed by atoms with Crippen molar-refractivity contribution in [1.29, 1.82) is 0 Å². The molecule has 0 aliphatic carbocycles. The first kappa shape index (κ1) is 27.2. The summed E-state index contributed by atoms with van der Waals surface area (Å²) in [6, 6.07) is 20.6. The summed E-state index contributed by atoms with van der Waals surface area (Å²) in [5.74, 6) is 1.29. The van der Waals surface area contributed by atoms with E-state index in [0.29, 0.717) is 30.2 Å². The molecule has 9 heteroatoms. The van der Waals surface area contributed by atoms with Crippen molar-refractivity contribution in [2.24, 2.45) is 0 Å². The van der Waals surface area contributed by atoms with Gasteiger partial charge in [0.1, 0.15) is 17.8 Å². The van der Waals surface area contributed by atoms with Crippen LogP contribution >= 0.6 is 0 Å². The molecule has 0 bridgehead atoms. The van der Waals surface area contributed by atoms with Crippen molar-refractivity contribution in [3.63, 3.8) is 0 Å². The van der Waals surface area contributed by atoms with Crippen molar-refractivity contribution < 1.29 is 24.2 Å². The Kier molecular flexibility index (Phi) is 8.61. The SMILES string of the molecule is CCCCc1nc2ccc(NC(=O)NC3CCCCO3)cc2n1Cc1ccc(-c2ccccc2OC(=O)O)cc1. The molecule has 3 aromatic carbocycles. The lowest BCUT2D eigenvalue weighted by atomic mass is 10.0. The van der Waals surface area contributed by atoms with Crippen molar-refractivity contribution >= 4 is 28.9 Å². The molecule has 3 N–H and O–H groups in total. The Morgan fingerprint density at radius 2 is 1.93 bits per heavy atom. The number of aromatic nitrogens is 2. The number of unbranched alkanes of at least 4 members (excludes halogenated alkanes) is 1. The Bertz CT molecular complexity index is 1480. The second kappa shape index (κ2) is 12.7. The molecule has 5 rings (SSSR count). The van der Waals surface area contributed by atoms with Gasteiger partial charge >= 0.3 is 12.2 Å². The Balaban J connectivity index is 1.38. The third kappa shape index (κ3) is 6.60. The number of urea groups is 1. The summed E-state index contributed by atoms with van der Waals surface area (Å²) in [7, 11) is 0. The molecule has 208 valence electrons. The van der Waals surface area contributed by atoms with Gasteiger partial charge in [-0.05, 0) is 61.1 Å². The smallest absolute Gasteiger partial charge is 0.449 e. The number of carbonyl (C=O) groups is 2. The highest BCUT2D eigenvalue weighted by Gasteiger charge is 2.17. The summed E-state index contributed by atoms with van der Waals surface area (Å²) in [5.41, 5.74) is 5.16. The van der Waals surface area contributed by atoms with Gasteiger partial charge in [0, 0.05) is 30.8 Å². The first-order chi connectivity index (χ1) is 19.5. The summed E-state index contributed by atoms with van der Waals surface area (Å²) in [5, 5.41) is 14.9. The van der Waals surface area contributed by atoms with Crippen molar-refractivity contribution in [2.75, 3.05) is 11.9 Å². The predicted molar refractivity (Wildman–Crippen MR) is 154 cm³/mol. The van der Waals surface area contributed by atoms with E-state index in [2.05, 4.69) is 22.1 Å². The van der Waals surface area contributed by atoms with E-state index in [4.69, 9.17) is 19.6 Å². The van der Waals surface area contributed by atoms with E-state index in [9.17, 15) is 9.59 Å². The van der Waals surface area contributed by atoms with Crippen LogP contribution in [0.2, 0.25) is 0 Å². The highest BCUT2D eigenvalue weighted by Crippen LogP contribution is 2.31. The van der Waals surface area contributed by atoms with Gasteiger partial charge in [-0.15, -0.1) is 0 Å². The number of anilines is 1. The quantitative estimate of drug-likeness (QED) is 0.158. The first-order valence-corrected chi connectivity index (χ1v) is 13.8. The zero-order valence-electron chi connectivity index (χ0n) is 22.6. The molecule has 2 heterocycles. The van der Waals surface area contributed by atoms with Crippen LogP contribution in [0.15, 0.2) is 66.7 Å². The molecular weight excluding hydrogens is 508 g/mol. The minimum atomic E-state index is -1.34. The largest absolute Gasteiger partial charge is 0.511 e. The lowest BCUT2D eigenvalue weighted by molar-refractivity contribution is 0.00342. The normalized spacial score (nSPS) is 15.1. The van der Waals surface area contributed by atoms with Crippen LogP contribution in [0.1, 0.15) is 50.4 Å². The van der Waals surface area contributed by atoms with Crippen LogP contribution in [0.4, 0.5) is 15.3 Å². The van der Waals surface area contributed by atoms with E-state index in [1.165, 1.54) is 0 Å². The molecule has 9 nitrogen and oxygen atoms in total. The first-order valence-electron chi connectivity index (χ1n) is 13.8. The number of ether oxygens (including phenoxy) is 2. The fraction of sp³-hybridized carbons (Fsp3) is 0.323. The molecule has 1 aliphatic heterocycles. The molecule has 1 aromatic heterocycles. The van der Waals surface area contributed by atoms with Crippen LogP contribution in [0.3, 0.4) is 0 Å². The molecule has 2 amide bonds. The van der Waals surface area contributed by atoms with Crippen molar-refractivity contribution in [1.82, 2.24) is 14.9 Å². The Labute approximate surface area is 233 Å². The number of hydrogen-bond acceptors (Lipinski definition) is 5. The maximum Gasteiger partial charge on any atom is 0.511 e. The minimum absolute atomic E-state index is 0.255. The highest BCUT2D eigenvalue weighted by molar-refractivity contribution is 5.92. The van der Waals surface area contributed by atoms with Gasteiger partial charge in [-0.25, -0.2) is 14.6 Å². The average molecular weight is 543 g/mol. The number of carbonyl (C=O) groups excluding carboxylic acids is 1. The molecule has 4 aromatic rings. The molecule has 0 saturated carbocycles. The van der Waals surface area contributed by atoms with Gasteiger partial charge in [0.2, 0.25) is 0 Å². The van der Waals surface area contributed by atoms with Crippen LogP contribution in [0.25, 0.3) is 22.2 Å². The van der Waals surface area contributed by atoms with Gasteiger partial charge < -0.3 is 29.8 Å². The topological polar surface area (TPSA) is 115 Å². The molecule has 1 unspecified atom stereocenters. The maximum absolute atomic E-state index is 12.6. The van der Waals surface area contributed by atoms with E-state index >= 15 is 0 Å². The van der Waals surface area contributed by atoms with Gasteiger partial charge in [-0.2, -0.15) is 0 Å². The van der Waals surface area contributed by atoms with E-state index in [1.807, 2.05) is 54.6 Å². The summed E-state index contributed by atoms with van der Waals surface area (Å²) in [6.07, 6.45) is 4.22. The molecule has 0 spiro atoms. The number of benzene rings is 3. The molecule has 0 radical (unpaired) electrons. The summed E-state index contributed by atoms with van der Waals surface area (Å²) in [6.45, 7) is 3.43. The molecule has 1 aliphatic rings. The number of imidazole rings is 1. The van der Waals surface area contributed by atoms with Gasteiger partial charge in [0.15, 0.2) is 0 Å². The minimum Gasteiger partial charge on any atom is -0.449 e. The van der Waals surface area contributed by atoms with E-state index in [1.54, 1.807) is 12.1 Å². The number of aryl methyl sites for hydroxylation is 1. The molecule has 1 saturated heterocycles. The number of para-hydroxylation sites is 1. The van der Waals surface area contributed by atoms with Crippen LogP contribution < -0.4 is 15.4 Å². The number of fused-ring (bicyclic) bond motifs is 1. The number of rotatable bonds is 9. The number of hydrogen-bond donors (Lipinski definition) is 3. The van der Waals surface area contributed by atoms with Crippen molar-refractivity contribution in [3.8, 4) is 16.9 Å². The van der Waals surface area contributed by atoms with Crippen molar-refractivity contribution in [2.45, 2.75) is 58.2 Å². The van der Waals surface area contributed by atoms with E-state index < -0.39 is 6.16 Å². The van der Waals surface area contributed by atoms with Crippen LogP contribution in [-0.2, 0) is 17.7 Å². The van der Waals surface area contributed by atoms with Crippen LogP contribution in [-0.4, -0.2) is 39.7 Å². The second-order valence-corrected chi connectivity index (χ2v) is 9.94. The van der Waals surface area contributed by atoms with Gasteiger partial charge in [0.25, 0.3) is 0 Å². The van der Waals surface area contributed by atoms with E-state index in [0.717, 1.165) is 66.5 Å². The highest BCUT2D eigenvalue weighted by atomic mass is 16.7. The fourth-order valence-corrected chi connectivity index (χ4v) is 4.98. The lowest BCUT2D eigenvalue weighted by Crippen LogP contribution is -2.41. The van der Waals surface area contributed by atoms with Gasteiger partial charge in [-0.1, -0.05) is 55.8 Å². The molecule has 1 atom stereocenters. The lowest BCUT2D eigenvalue weighted by Gasteiger charge is -2.23. The van der Waals surface area contributed by atoms with Gasteiger partial charge in [-0.3, -0.25) is 0 Å². The Morgan fingerprint density at radius 3 is 2.67 bits per heavy atom. The molecule has 1 fully saturated rings. The van der Waals surface area contributed by atoms with Gasteiger partial charge in [0.05, 0.1) is 11.0 Å². The Hall–Kier alpha value is -4.37. The third-order valence-electron chi connectivity index (χ3n) is 7.00. The average Bonchev–Trinajstić information content (AvgIpc) is 3.29. The zero-order valence-corrected chi connectivity index (χ0v) is 22.6. The Morgan fingerprint density at radius 1 is 1.10 bits per heavy atom. The van der Waals surface area contributed by atoms with Crippen molar-refractivity contribution in [3.05, 3.63) is 78.1 Å². The van der Waals surface area contributed by atoms with Crippen LogP contribution in [0, 0.1) is 0 Å². The number of nitrogens with one attached hydrogen (secondary N) is 2.